The summed E-state index contributed by atoms with van der Waals surface area (Å²) in [7, 11) is -0.235. The van der Waals surface area contributed by atoms with Crippen molar-refractivity contribution in [3.63, 3.8) is 0 Å². The average Bonchev–Trinajstić information content (AvgIpc) is 3.17. The van der Waals surface area contributed by atoms with Crippen molar-refractivity contribution in [3.05, 3.63) is 12.7 Å². The zero-order chi connectivity index (χ0) is 19.7. The van der Waals surface area contributed by atoms with Crippen LogP contribution in [0, 0.1) is 0 Å². The van der Waals surface area contributed by atoms with E-state index >= 15 is 0 Å². The minimum Gasteiger partial charge on any atom is -1.00 e. The van der Waals surface area contributed by atoms with E-state index in [2.05, 4.69) is 15.0 Å². The number of fused-ring (bicyclic) bond motifs is 1. The summed E-state index contributed by atoms with van der Waals surface area (Å²) >= 11 is 0. The van der Waals surface area contributed by atoms with Crippen LogP contribution in [0.3, 0.4) is 0 Å². The van der Waals surface area contributed by atoms with Crippen molar-refractivity contribution in [2.45, 2.75) is 37.0 Å². The third kappa shape index (κ3) is 5.40. The Labute approximate surface area is 182 Å². The lowest BCUT2D eigenvalue weighted by Crippen LogP contribution is -3.00. The van der Waals surface area contributed by atoms with E-state index in [9.17, 15) is 15.0 Å². The zero-order valence-corrected chi connectivity index (χ0v) is 17.8. The highest BCUT2D eigenvalue weighted by molar-refractivity contribution is 7.96. The van der Waals surface area contributed by atoms with Crippen molar-refractivity contribution in [3.8, 4) is 0 Å². The quantitative estimate of drug-likeness (QED) is 0.247. The van der Waals surface area contributed by atoms with Crippen LogP contribution in [0.2, 0.25) is 0 Å². The Morgan fingerprint density at radius 1 is 1.34 bits per heavy atom. The Morgan fingerprint density at radius 3 is 2.69 bits per heavy atom. The Hall–Kier alpha value is -1.41. The minimum atomic E-state index is -1.16. The van der Waals surface area contributed by atoms with Gasteiger partial charge in [-0.15, -0.1) is 12.4 Å². The fourth-order valence-electron chi connectivity index (χ4n) is 2.97. The predicted octanol–water partition coefficient (Wildman–Crippen LogP) is -4.50. The Bertz CT molecular complexity index is 830. The molecule has 29 heavy (non-hydrogen) atoms. The molecule has 1 aliphatic rings. The van der Waals surface area contributed by atoms with Crippen LogP contribution in [0.15, 0.2) is 12.7 Å². The highest BCUT2D eigenvalue weighted by Crippen LogP contribution is 2.32. The van der Waals surface area contributed by atoms with Gasteiger partial charge >= 0.3 is 5.97 Å². The minimum absolute atomic E-state index is 0. The lowest BCUT2D eigenvalue weighted by molar-refractivity contribution is -0.138. The molecule has 2 unspecified atom stereocenters. The number of nitrogens with zero attached hydrogens (tertiary/aromatic N) is 4. The van der Waals surface area contributed by atoms with Crippen molar-refractivity contribution in [2.24, 2.45) is 5.73 Å². The number of carbonyl (C=O) groups is 1. The van der Waals surface area contributed by atoms with Crippen LogP contribution >= 0.6 is 12.4 Å². The van der Waals surface area contributed by atoms with Gasteiger partial charge in [-0.3, -0.25) is 9.36 Å². The number of aliphatic hydroxyl groups excluding tert-OH is 2. The number of nitrogen functional groups attached to an aromatic ring is 1. The number of ether oxygens (including phenoxy) is 1. The lowest BCUT2D eigenvalue weighted by atomic mass is 10.1. The van der Waals surface area contributed by atoms with Gasteiger partial charge in [-0.25, -0.2) is 15.0 Å². The molecule has 1 aliphatic heterocycles. The SMILES string of the molecule is C[S+](CCC(N)C(=O)O)C[C@H]1O[C@@H](n2cnc3c(N)ncnc32)[C@H](O)[C@@H]1O.Cl.[Cl-]. The summed E-state index contributed by atoms with van der Waals surface area (Å²) in [6.45, 7) is 0. The van der Waals surface area contributed by atoms with E-state index in [4.69, 9.17) is 21.3 Å². The Kier molecular flexibility index (Phi) is 9.34. The molecule has 14 heteroatoms. The van der Waals surface area contributed by atoms with Gasteiger partial charge in [-0.1, -0.05) is 0 Å². The van der Waals surface area contributed by atoms with Gasteiger partial charge in [0.1, 0.15) is 47.7 Å². The number of halogens is 2. The highest BCUT2D eigenvalue weighted by Gasteiger charge is 2.46. The molecular formula is C15H24Cl2N6O5S. The van der Waals surface area contributed by atoms with Gasteiger partial charge in [0.25, 0.3) is 0 Å². The molecule has 7 N–H and O–H groups in total. The molecule has 3 rings (SSSR count). The van der Waals surface area contributed by atoms with E-state index in [1.807, 2.05) is 6.26 Å². The van der Waals surface area contributed by atoms with Crippen molar-refractivity contribution >= 4 is 46.3 Å². The van der Waals surface area contributed by atoms with E-state index in [1.165, 1.54) is 17.2 Å². The molecule has 0 bridgehead atoms. The van der Waals surface area contributed by atoms with Gasteiger partial charge in [0.15, 0.2) is 17.7 Å². The fourth-order valence-corrected chi connectivity index (χ4v) is 4.63. The number of aliphatic hydroxyl groups is 2. The first-order valence-electron chi connectivity index (χ1n) is 8.31. The summed E-state index contributed by atoms with van der Waals surface area (Å²) in [5, 5.41) is 29.7. The first kappa shape index (κ1) is 25.6. The van der Waals surface area contributed by atoms with Crippen molar-refractivity contribution in [1.82, 2.24) is 19.5 Å². The molecule has 1 saturated heterocycles. The first-order chi connectivity index (χ1) is 12.8. The third-order valence-electron chi connectivity index (χ3n) is 4.54. The van der Waals surface area contributed by atoms with Crippen LogP contribution in [0.1, 0.15) is 12.6 Å². The number of aliphatic carboxylic acids is 1. The second-order valence-corrected chi connectivity index (χ2v) is 8.82. The molecule has 2 aromatic rings. The van der Waals surface area contributed by atoms with Crippen LogP contribution in [0.5, 0.6) is 0 Å². The second kappa shape index (κ2) is 10.6. The van der Waals surface area contributed by atoms with E-state index in [0.717, 1.165) is 0 Å². The largest absolute Gasteiger partial charge is 1.00 e. The van der Waals surface area contributed by atoms with Gasteiger partial charge in [0.05, 0.1) is 12.6 Å². The maximum atomic E-state index is 10.8. The average molecular weight is 471 g/mol. The third-order valence-corrected chi connectivity index (χ3v) is 6.37. The van der Waals surface area contributed by atoms with Gasteiger partial charge in [0.2, 0.25) is 0 Å². The lowest BCUT2D eigenvalue weighted by Gasteiger charge is -2.16. The summed E-state index contributed by atoms with van der Waals surface area (Å²) in [4.78, 5) is 23.0. The summed E-state index contributed by atoms with van der Waals surface area (Å²) in [5.41, 5.74) is 12.1. The number of carboxylic acids is 1. The number of rotatable bonds is 7. The Balaban J connectivity index is 0.00000210. The van der Waals surface area contributed by atoms with Crippen LogP contribution in [0.4, 0.5) is 5.82 Å². The van der Waals surface area contributed by atoms with Crippen molar-refractivity contribution < 1.29 is 37.3 Å². The smallest absolute Gasteiger partial charge is 0.320 e. The molecule has 0 aromatic carbocycles. The van der Waals surface area contributed by atoms with Crippen molar-refractivity contribution in [2.75, 3.05) is 23.5 Å². The maximum absolute atomic E-state index is 10.8. The molecule has 11 nitrogen and oxygen atoms in total. The molecule has 0 aliphatic carbocycles. The summed E-state index contributed by atoms with van der Waals surface area (Å²) in [6.07, 6.45) is 1.31. The van der Waals surface area contributed by atoms with Crippen LogP contribution in [-0.2, 0) is 20.4 Å². The molecule has 1 fully saturated rings. The molecule has 164 valence electrons. The fraction of sp³-hybridized carbons (Fsp3) is 0.600. The molecule has 2 aromatic heterocycles. The van der Waals surface area contributed by atoms with Crippen molar-refractivity contribution in [1.29, 1.82) is 0 Å². The number of nitrogens with two attached hydrogens (primary N) is 2. The van der Waals surface area contributed by atoms with E-state index in [1.54, 1.807) is 0 Å². The highest BCUT2D eigenvalue weighted by atomic mass is 35.5. The summed E-state index contributed by atoms with van der Waals surface area (Å²) in [6, 6.07) is -0.907. The van der Waals surface area contributed by atoms with Crippen LogP contribution < -0.4 is 23.9 Å². The molecule has 0 radical (unpaired) electrons. The number of carboxylic acid groups (broad SMARTS) is 1. The number of anilines is 1. The van der Waals surface area contributed by atoms with E-state index < -0.39 is 36.6 Å². The molecule has 3 heterocycles. The number of aromatic nitrogens is 4. The maximum Gasteiger partial charge on any atom is 0.320 e. The van der Waals surface area contributed by atoms with Gasteiger partial charge in [-0.2, -0.15) is 0 Å². The second-order valence-electron chi connectivity index (χ2n) is 6.51. The normalized spacial score (nSPS) is 25.8. The van der Waals surface area contributed by atoms with E-state index in [0.29, 0.717) is 29.1 Å². The summed E-state index contributed by atoms with van der Waals surface area (Å²) in [5.74, 6) is 0.254. The molecular weight excluding hydrogens is 447 g/mol. The molecule has 0 saturated carbocycles. The number of hydrogen-bond acceptors (Lipinski definition) is 9. The van der Waals surface area contributed by atoms with Gasteiger partial charge < -0.3 is 43.9 Å². The number of hydrogen-bond donors (Lipinski definition) is 5. The predicted molar refractivity (Wildman–Crippen MR) is 106 cm³/mol. The van der Waals surface area contributed by atoms with Gasteiger partial charge in [0, 0.05) is 6.42 Å². The standard InChI is InChI=1S/C15H22N6O5S.2ClH/c1-27(3-2-7(16)15(24)25)4-8-10(22)11(23)14(26-8)21-6-20-9-12(17)18-5-19-13(9)21;;/h5-8,10-11,14,22-23H,2-4,16H2,1H3,(H2-,17,18,19,24,25);2*1H/t7?,8-,10-,11-,14-,27?;;/m1../s1. The van der Waals surface area contributed by atoms with Crippen LogP contribution in [-0.4, -0.2) is 82.9 Å². The topological polar surface area (TPSA) is 183 Å². The van der Waals surface area contributed by atoms with E-state index in [-0.39, 0.29) is 41.5 Å². The molecule has 0 amide bonds. The zero-order valence-electron chi connectivity index (χ0n) is 15.5. The Morgan fingerprint density at radius 2 is 2.03 bits per heavy atom. The summed E-state index contributed by atoms with van der Waals surface area (Å²) < 4.78 is 7.41. The molecule has 6 atom stereocenters. The van der Waals surface area contributed by atoms with Gasteiger partial charge in [-0.05, 0) is 10.9 Å². The van der Waals surface area contributed by atoms with Crippen LogP contribution in [0.25, 0.3) is 11.2 Å². The monoisotopic (exact) mass is 470 g/mol. The number of imidazole rings is 1. The molecule has 0 spiro atoms. The first-order valence-corrected chi connectivity index (χ1v) is 10.3.